The van der Waals surface area contributed by atoms with Crippen LogP contribution in [-0.2, 0) is 6.42 Å². The molecule has 0 aromatic heterocycles. The fourth-order valence-corrected chi connectivity index (χ4v) is 2.19. The van der Waals surface area contributed by atoms with E-state index in [0.29, 0.717) is 17.8 Å². The number of ether oxygens (including phenoxy) is 1. The molecule has 2 rings (SSSR count). The second-order valence-electron chi connectivity index (χ2n) is 5.48. The predicted octanol–water partition coefficient (Wildman–Crippen LogP) is 3.42. The number of nitrogen functional groups attached to an aromatic ring is 1. The van der Waals surface area contributed by atoms with E-state index in [1.54, 1.807) is 24.3 Å². The molecule has 2 aromatic carbocycles. The first-order chi connectivity index (χ1) is 11.2. The molecule has 3 N–H and O–H groups in total. The largest absolute Gasteiger partial charge is 0.494 e. The number of unbranched alkanes of at least 4 members (excludes halogenated alkanes) is 1. The summed E-state index contributed by atoms with van der Waals surface area (Å²) in [6.45, 7) is 3.49. The van der Waals surface area contributed by atoms with Gasteiger partial charge in [-0.1, -0.05) is 31.5 Å². The molecule has 0 saturated carbocycles. The van der Waals surface area contributed by atoms with Gasteiger partial charge in [-0.15, -0.1) is 0 Å². The van der Waals surface area contributed by atoms with Gasteiger partial charge in [-0.2, -0.15) is 0 Å². The number of benzene rings is 2. The fourth-order valence-electron chi connectivity index (χ4n) is 2.19. The first-order valence-electron chi connectivity index (χ1n) is 8.04. The minimum atomic E-state index is -0.100. The van der Waals surface area contributed by atoms with Crippen molar-refractivity contribution < 1.29 is 9.53 Å². The lowest BCUT2D eigenvalue weighted by Gasteiger charge is -2.08. The van der Waals surface area contributed by atoms with Crippen molar-refractivity contribution in [3.8, 4) is 5.75 Å². The lowest BCUT2D eigenvalue weighted by Crippen LogP contribution is -2.25. The van der Waals surface area contributed by atoms with Gasteiger partial charge in [0.05, 0.1) is 6.61 Å². The first-order valence-corrected chi connectivity index (χ1v) is 8.04. The summed E-state index contributed by atoms with van der Waals surface area (Å²) >= 11 is 0. The summed E-state index contributed by atoms with van der Waals surface area (Å²) in [4.78, 5) is 12.0. The summed E-state index contributed by atoms with van der Waals surface area (Å²) in [5.74, 6) is 0.794. The Morgan fingerprint density at radius 1 is 1.17 bits per heavy atom. The number of hydrogen-bond acceptors (Lipinski definition) is 3. The number of amides is 1. The van der Waals surface area contributed by atoms with Gasteiger partial charge in [0.2, 0.25) is 0 Å². The van der Waals surface area contributed by atoms with Gasteiger partial charge in [-0.3, -0.25) is 4.79 Å². The highest BCUT2D eigenvalue weighted by Crippen LogP contribution is 2.13. The molecule has 0 unspecified atom stereocenters. The zero-order valence-corrected chi connectivity index (χ0v) is 13.5. The Morgan fingerprint density at radius 2 is 1.96 bits per heavy atom. The topological polar surface area (TPSA) is 64.3 Å². The van der Waals surface area contributed by atoms with E-state index in [-0.39, 0.29) is 5.91 Å². The van der Waals surface area contributed by atoms with Gasteiger partial charge in [-0.25, -0.2) is 0 Å². The van der Waals surface area contributed by atoms with E-state index in [0.717, 1.165) is 31.6 Å². The SMILES string of the molecule is CCCCOc1ccc(CCNC(=O)c2cccc(N)c2)cc1. The Hall–Kier alpha value is -2.49. The molecule has 0 aliphatic carbocycles. The first kappa shape index (κ1) is 16.9. The second kappa shape index (κ2) is 8.83. The summed E-state index contributed by atoms with van der Waals surface area (Å²) < 4.78 is 5.63. The Balaban J connectivity index is 1.76. The third kappa shape index (κ3) is 5.66. The fraction of sp³-hybridized carbons (Fsp3) is 0.316. The van der Waals surface area contributed by atoms with E-state index in [2.05, 4.69) is 12.2 Å². The van der Waals surface area contributed by atoms with Crippen LogP contribution in [0.25, 0.3) is 0 Å². The number of hydrogen-bond donors (Lipinski definition) is 2. The van der Waals surface area contributed by atoms with Gasteiger partial charge in [0.25, 0.3) is 5.91 Å². The van der Waals surface area contributed by atoms with E-state index in [4.69, 9.17) is 10.5 Å². The molecule has 0 bridgehead atoms. The van der Waals surface area contributed by atoms with Crippen LogP contribution in [0.5, 0.6) is 5.75 Å². The number of anilines is 1. The summed E-state index contributed by atoms with van der Waals surface area (Å²) in [6.07, 6.45) is 2.98. The van der Waals surface area contributed by atoms with Gasteiger partial charge in [0.15, 0.2) is 0 Å². The highest BCUT2D eigenvalue weighted by atomic mass is 16.5. The van der Waals surface area contributed by atoms with Crippen molar-refractivity contribution >= 4 is 11.6 Å². The van der Waals surface area contributed by atoms with E-state index in [1.807, 2.05) is 24.3 Å². The quantitative estimate of drug-likeness (QED) is 0.580. The van der Waals surface area contributed by atoms with Gasteiger partial charge < -0.3 is 15.8 Å². The summed E-state index contributed by atoms with van der Waals surface area (Å²) in [6, 6.07) is 15.0. The van der Waals surface area contributed by atoms with Crippen molar-refractivity contribution in [3.05, 3.63) is 59.7 Å². The molecule has 1 amide bonds. The zero-order chi connectivity index (χ0) is 16.5. The number of nitrogens with one attached hydrogen (secondary N) is 1. The van der Waals surface area contributed by atoms with Crippen LogP contribution in [0.1, 0.15) is 35.7 Å². The second-order valence-corrected chi connectivity index (χ2v) is 5.48. The van der Waals surface area contributed by atoms with E-state index in [1.165, 1.54) is 5.56 Å². The average molecular weight is 312 g/mol. The Bertz CT molecular complexity index is 624. The van der Waals surface area contributed by atoms with Crippen LogP contribution in [-0.4, -0.2) is 19.1 Å². The minimum Gasteiger partial charge on any atom is -0.494 e. The Labute approximate surface area is 137 Å². The van der Waals surface area contributed by atoms with Crippen LogP contribution in [0.3, 0.4) is 0 Å². The molecule has 4 nitrogen and oxygen atoms in total. The molecule has 0 atom stereocenters. The molecule has 0 heterocycles. The van der Waals surface area contributed by atoms with Gasteiger partial charge in [0, 0.05) is 17.8 Å². The van der Waals surface area contributed by atoms with Crippen LogP contribution in [0.4, 0.5) is 5.69 Å². The van der Waals surface area contributed by atoms with Crippen LogP contribution in [0, 0.1) is 0 Å². The summed E-state index contributed by atoms with van der Waals surface area (Å²) in [5.41, 5.74) is 8.03. The highest BCUT2D eigenvalue weighted by molar-refractivity contribution is 5.94. The predicted molar refractivity (Wildman–Crippen MR) is 93.7 cm³/mol. The molecule has 0 fully saturated rings. The highest BCUT2D eigenvalue weighted by Gasteiger charge is 2.05. The van der Waals surface area contributed by atoms with Crippen molar-refractivity contribution in [1.82, 2.24) is 5.32 Å². The average Bonchev–Trinajstić information content (AvgIpc) is 2.56. The smallest absolute Gasteiger partial charge is 0.251 e. The molecule has 122 valence electrons. The summed E-state index contributed by atoms with van der Waals surface area (Å²) in [7, 11) is 0. The number of nitrogens with two attached hydrogens (primary N) is 1. The maximum atomic E-state index is 12.0. The Morgan fingerprint density at radius 3 is 2.65 bits per heavy atom. The van der Waals surface area contributed by atoms with Crippen molar-refractivity contribution in [2.75, 3.05) is 18.9 Å². The summed E-state index contributed by atoms with van der Waals surface area (Å²) in [5, 5.41) is 2.91. The number of carbonyl (C=O) groups is 1. The third-order valence-corrected chi connectivity index (χ3v) is 3.54. The van der Waals surface area contributed by atoms with Crippen molar-refractivity contribution in [1.29, 1.82) is 0 Å². The minimum absolute atomic E-state index is 0.100. The van der Waals surface area contributed by atoms with E-state index >= 15 is 0 Å². The van der Waals surface area contributed by atoms with Crippen molar-refractivity contribution in [2.24, 2.45) is 0 Å². The zero-order valence-electron chi connectivity index (χ0n) is 13.5. The maximum absolute atomic E-state index is 12.0. The molecule has 23 heavy (non-hydrogen) atoms. The van der Waals surface area contributed by atoms with Crippen LogP contribution in [0.2, 0.25) is 0 Å². The molecule has 4 heteroatoms. The van der Waals surface area contributed by atoms with Crippen LogP contribution < -0.4 is 15.8 Å². The molecular weight excluding hydrogens is 288 g/mol. The van der Waals surface area contributed by atoms with Crippen molar-refractivity contribution in [3.63, 3.8) is 0 Å². The lowest BCUT2D eigenvalue weighted by molar-refractivity contribution is 0.0954. The molecular formula is C19H24N2O2. The standard InChI is InChI=1S/C19H24N2O2/c1-2-3-13-23-18-9-7-15(8-10-18)11-12-21-19(22)16-5-4-6-17(20)14-16/h4-10,14H,2-3,11-13,20H2,1H3,(H,21,22). The normalized spacial score (nSPS) is 10.3. The molecule has 0 aliphatic rings. The molecule has 0 aliphatic heterocycles. The van der Waals surface area contributed by atoms with E-state index < -0.39 is 0 Å². The van der Waals surface area contributed by atoms with E-state index in [9.17, 15) is 4.79 Å². The lowest BCUT2D eigenvalue weighted by atomic mass is 10.1. The number of carbonyl (C=O) groups excluding carboxylic acids is 1. The van der Waals surface area contributed by atoms with Gasteiger partial charge in [-0.05, 0) is 48.7 Å². The van der Waals surface area contributed by atoms with Crippen LogP contribution in [0.15, 0.2) is 48.5 Å². The van der Waals surface area contributed by atoms with Gasteiger partial charge in [0.1, 0.15) is 5.75 Å². The number of rotatable bonds is 8. The van der Waals surface area contributed by atoms with Gasteiger partial charge >= 0.3 is 0 Å². The monoisotopic (exact) mass is 312 g/mol. The Kier molecular flexibility index (Phi) is 6.48. The molecule has 0 spiro atoms. The maximum Gasteiger partial charge on any atom is 0.251 e. The molecule has 2 aromatic rings. The van der Waals surface area contributed by atoms with Crippen molar-refractivity contribution in [2.45, 2.75) is 26.2 Å². The van der Waals surface area contributed by atoms with Crippen LogP contribution >= 0.6 is 0 Å². The molecule has 0 saturated heterocycles. The third-order valence-electron chi connectivity index (χ3n) is 3.54. The molecule has 0 radical (unpaired) electrons.